The van der Waals surface area contributed by atoms with Crippen LogP contribution < -0.4 is 5.11 Å². The Morgan fingerprint density at radius 1 is 1.45 bits per heavy atom. The van der Waals surface area contributed by atoms with Gasteiger partial charge in [0.15, 0.2) is 6.79 Å². The molecule has 0 atom stereocenters. The van der Waals surface area contributed by atoms with Gasteiger partial charge in [0.25, 0.3) is 0 Å². The van der Waals surface area contributed by atoms with Gasteiger partial charge >= 0.3 is 5.97 Å². The summed E-state index contributed by atoms with van der Waals surface area (Å²) in [5.41, 5.74) is 0. The molecule has 0 aliphatic heterocycles. The van der Waals surface area contributed by atoms with Crippen molar-refractivity contribution in [2.75, 3.05) is 13.9 Å². The van der Waals surface area contributed by atoms with Crippen LogP contribution in [0.1, 0.15) is 0 Å². The minimum absolute atomic E-state index is 0.198. The van der Waals surface area contributed by atoms with Crippen LogP contribution in [-0.2, 0) is 19.1 Å². The van der Waals surface area contributed by atoms with Gasteiger partial charge in [0.1, 0.15) is 0 Å². The summed E-state index contributed by atoms with van der Waals surface area (Å²) in [4.78, 5) is 20.2. The highest BCUT2D eigenvalue weighted by Crippen LogP contribution is 1.80. The molecule has 11 heavy (non-hydrogen) atoms. The number of carbonyl (C=O) groups is 2. The molecule has 0 aromatic heterocycles. The smallest absolute Gasteiger partial charge is 0.332 e. The third-order valence-electron chi connectivity index (χ3n) is 0.675. The molecule has 0 bridgehead atoms. The lowest BCUT2D eigenvalue weighted by atomic mass is 10.5. The lowest BCUT2D eigenvalue weighted by molar-refractivity contribution is -0.297. The molecule has 0 amide bonds. The molecule has 0 saturated carbocycles. The van der Waals surface area contributed by atoms with Gasteiger partial charge < -0.3 is 19.4 Å². The van der Waals surface area contributed by atoms with Gasteiger partial charge in [0.05, 0.1) is 5.97 Å². The summed E-state index contributed by atoms with van der Waals surface area (Å²) in [5, 5.41) is 9.74. The van der Waals surface area contributed by atoms with Crippen LogP contribution in [0.3, 0.4) is 0 Å². The Labute approximate surface area is 63.2 Å². The van der Waals surface area contributed by atoms with Crippen LogP contribution in [0, 0.1) is 0 Å². The van der Waals surface area contributed by atoms with E-state index in [0.29, 0.717) is 6.08 Å². The lowest BCUT2D eigenvalue weighted by Gasteiger charge is -1.97. The van der Waals surface area contributed by atoms with E-state index in [9.17, 15) is 14.7 Å². The first kappa shape index (κ1) is 9.64. The Morgan fingerprint density at radius 2 is 2.09 bits per heavy atom. The van der Waals surface area contributed by atoms with Crippen molar-refractivity contribution in [3.05, 3.63) is 12.2 Å². The average molecular weight is 159 g/mol. The number of carboxylic acid groups (broad SMARTS) is 1. The molecule has 0 spiro atoms. The molecule has 0 fully saturated rings. The zero-order valence-corrected chi connectivity index (χ0v) is 5.90. The Morgan fingerprint density at radius 3 is 2.55 bits per heavy atom. The van der Waals surface area contributed by atoms with Gasteiger partial charge in [-0.1, -0.05) is 0 Å². The van der Waals surface area contributed by atoms with Crippen LogP contribution in [-0.4, -0.2) is 25.8 Å². The number of carboxylic acids is 1. The highest BCUT2D eigenvalue weighted by Gasteiger charge is 1.93. The Bertz CT molecular complexity index is 172. The predicted molar refractivity (Wildman–Crippen MR) is 32.1 cm³/mol. The molecule has 5 nitrogen and oxygen atoms in total. The van der Waals surface area contributed by atoms with E-state index in [4.69, 9.17) is 0 Å². The Hall–Kier alpha value is -1.36. The van der Waals surface area contributed by atoms with Crippen LogP contribution in [0.15, 0.2) is 12.2 Å². The van der Waals surface area contributed by atoms with Gasteiger partial charge in [0.2, 0.25) is 0 Å². The number of aliphatic carboxylic acids is 1. The summed E-state index contributed by atoms with van der Waals surface area (Å²) < 4.78 is 8.68. The maximum atomic E-state index is 10.4. The summed E-state index contributed by atoms with van der Waals surface area (Å²) in [6.45, 7) is -0.198. The van der Waals surface area contributed by atoms with E-state index in [0.717, 1.165) is 6.08 Å². The predicted octanol–water partition coefficient (Wildman–Crippen LogP) is -1.56. The molecule has 62 valence electrons. The summed E-state index contributed by atoms with van der Waals surface area (Å²) in [6, 6.07) is 0. The quantitative estimate of drug-likeness (QED) is 0.281. The van der Waals surface area contributed by atoms with Crippen molar-refractivity contribution in [3.63, 3.8) is 0 Å². The van der Waals surface area contributed by atoms with Crippen molar-refractivity contribution >= 4 is 11.9 Å². The molecular formula is C6H7O5-. The van der Waals surface area contributed by atoms with Crippen LogP contribution in [0.5, 0.6) is 0 Å². The summed E-state index contributed by atoms with van der Waals surface area (Å²) in [7, 11) is 1.34. The van der Waals surface area contributed by atoms with E-state index in [1.165, 1.54) is 7.11 Å². The number of hydrogen-bond acceptors (Lipinski definition) is 5. The van der Waals surface area contributed by atoms with Crippen molar-refractivity contribution < 1.29 is 24.2 Å². The number of hydrogen-bond donors (Lipinski definition) is 0. The van der Waals surface area contributed by atoms with E-state index >= 15 is 0 Å². The molecule has 0 aliphatic carbocycles. The number of ether oxygens (including phenoxy) is 2. The van der Waals surface area contributed by atoms with Gasteiger partial charge in [-0.15, -0.1) is 0 Å². The zero-order valence-electron chi connectivity index (χ0n) is 5.90. The SMILES string of the molecule is COCOC(=O)/C=C\C(=O)[O-]. The molecule has 0 unspecified atom stereocenters. The van der Waals surface area contributed by atoms with E-state index in [-0.39, 0.29) is 6.79 Å². The monoisotopic (exact) mass is 159 g/mol. The second kappa shape index (κ2) is 5.43. The first-order valence-corrected chi connectivity index (χ1v) is 2.71. The molecule has 0 radical (unpaired) electrons. The average Bonchev–Trinajstić information content (AvgIpc) is 1.97. The molecule has 0 aliphatic rings. The van der Waals surface area contributed by atoms with Crippen LogP contribution in [0.4, 0.5) is 0 Å². The molecule has 0 rings (SSSR count). The fraction of sp³-hybridized carbons (Fsp3) is 0.333. The van der Waals surface area contributed by atoms with E-state index in [2.05, 4.69) is 9.47 Å². The largest absolute Gasteiger partial charge is 0.545 e. The standard InChI is InChI=1S/C6H8O5/c1-10-4-11-6(9)3-2-5(7)8/h2-3H,4H2,1H3,(H,7,8)/p-1/b3-2-. The molecule has 0 saturated heterocycles. The molecule has 5 heteroatoms. The minimum atomic E-state index is -1.45. The number of esters is 1. The van der Waals surface area contributed by atoms with Crippen molar-refractivity contribution in [1.29, 1.82) is 0 Å². The van der Waals surface area contributed by atoms with E-state index in [1.807, 2.05) is 0 Å². The van der Waals surface area contributed by atoms with Gasteiger partial charge in [-0.3, -0.25) is 0 Å². The minimum Gasteiger partial charge on any atom is -0.545 e. The van der Waals surface area contributed by atoms with Crippen LogP contribution in [0.2, 0.25) is 0 Å². The van der Waals surface area contributed by atoms with Crippen LogP contribution >= 0.6 is 0 Å². The molecule has 0 heterocycles. The van der Waals surface area contributed by atoms with Crippen molar-refractivity contribution in [1.82, 2.24) is 0 Å². The normalized spacial score (nSPS) is 9.91. The Kier molecular flexibility index (Phi) is 4.76. The zero-order chi connectivity index (χ0) is 8.69. The van der Waals surface area contributed by atoms with Crippen molar-refractivity contribution in [2.24, 2.45) is 0 Å². The highest BCUT2D eigenvalue weighted by atomic mass is 16.7. The third kappa shape index (κ3) is 6.53. The molecule has 0 N–H and O–H groups in total. The second-order valence-corrected chi connectivity index (χ2v) is 1.52. The van der Waals surface area contributed by atoms with E-state index in [1.54, 1.807) is 0 Å². The first-order chi connectivity index (χ1) is 5.16. The van der Waals surface area contributed by atoms with E-state index < -0.39 is 11.9 Å². The summed E-state index contributed by atoms with van der Waals surface area (Å²) >= 11 is 0. The number of rotatable bonds is 4. The molecule has 0 aromatic rings. The Balaban J connectivity index is 3.60. The van der Waals surface area contributed by atoms with Crippen molar-refractivity contribution in [3.8, 4) is 0 Å². The fourth-order valence-corrected chi connectivity index (χ4v) is 0.301. The maximum absolute atomic E-state index is 10.4. The number of carbonyl (C=O) groups excluding carboxylic acids is 2. The van der Waals surface area contributed by atoms with Gasteiger partial charge in [-0.25, -0.2) is 4.79 Å². The maximum Gasteiger partial charge on any atom is 0.332 e. The summed E-state index contributed by atoms with van der Waals surface area (Å²) in [5.74, 6) is -2.23. The molecular weight excluding hydrogens is 152 g/mol. The van der Waals surface area contributed by atoms with Crippen LogP contribution in [0.25, 0.3) is 0 Å². The van der Waals surface area contributed by atoms with Crippen molar-refractivity contribution in [2.45, 2.75) is 0 Å². The number of methoxy groups -OCH3 is 1. The topological polar surface area (TPSA) is 75.7 Å². The second-order valence-electron chi connectivity index (χ2n) is 1.52. The lowest BCUT2D eigenvalue weighted by Crippen LogP contribution is -2.19. The highest BCUT2D eigenvalue weighted by molar-refractivity contribution is 5.89. The first-order valence-electron chi connectivity index (χ1n) is 2.71. The third-order valence-corrected chi connectivity index (χ3v) is 0.675. The van der Waals surface area contributed by atoms with Gasteiger partial charge in [-0.05, 0) is 6.08 Å². The molecule has 0 aromatic carbocycles. The fourth-order valence-electron chi connectivity index (χ4n) is 0.301. The van der Waals surface area contributed by atoms with Gasteiger partial charge in [-0.2, -0.15) is 0 Å². The summed E-state index contributed by atoms with van der Waals surface area (Å²) in [6.07, 6.45) is 1.33. The van der Waals surface area contributed by atoms with Gasteiger partial charge in [0, 0.05) is 13.2 Å².